The summed E-state index contributed by atoms with van der Waals surface area (Å²) >= 11 is 1.10. The van der Waals surface area contributed by atoms with Gasteiger partial charge in [-0.15, -0.1) is 5.11 Å². The van der Waals surface area contributed by atoms with Gasteiger partial charge in [-0.2, -0.15) is 5.53 Å². The van der Waals surface area contributed by atoms with Crippen LogP contribution in [0.5, 0.6) is 0 Å². The van der Waals surface area contributed by atoms with E-state index in [-0.39, 0.29) is 13.0 Å². The summed E-state index contributed by atoms with van der Waals surface area (Å²) in [5, 5.41) is 22.4. The Morgan fingerprint density at radius 1 is 1.08 bits per heavy atom. The Morgan fingerprint density at radius 2 is 1.79 bits per heavy atom. The summed E-state index contributed by atoms with van der Waals surface area (Å²) in [4.78, 5) is 12.6. The Labute approximate surface area is 230 Å². The van der Waals surface area contributed by atoms with E-state index in [0.29, 0.717) is 12.1 Å². The summed E-state index contributed by atoms with van der Waals surface area (Å²) in [7, 11) is 0. The number of benzene rings is 3. The molecule has 0 saturated carbocycles. The summed E-state index contributed by atoms with van der Waals surface area (Å²) in [6.07, 6.45) is 1.01. The van der Waals surface area contributed by atoms with Gasteiger partial charge >= 0.3 is 5.97 Å². The van der Waals surface area contributed by atoms with Gasteiger partial charge in [0.05, 0.1) is 5.69 Å². The minimum atomic E-state index is -1.06. The molecule has 0 bridgehead atoms. The number of carbonyl (C=O) groups is 1. The normalized spacial score (nSPS) is 17.0. The van der Waals surface area contributed by atoms with Crippen molar-refractivity contribution in [3.8, 4) is 0 Å². The number of aryl methyl sites for hydroxylation is 1. The summed E-state index contributed by atoms with van der Waals surface area (Å²) in [5.74, 6) is -3.08. The lowest BCUT2D eigenvalue weighted by Crippen LogP contribution is -2.48. The molecule has 3 aromatic carbocycles. The molecule has 8 nitrogen and oxygen atoms in total. The molecular weight excluding hydrogens is 522 g/mol. The first-order valence-electron chi connectivity index (χ1n) is 12.7. The number of thioether (sulfide) groups is 1. The number of rotatable bonds is 13. The van der Waals surface area contributed by atoms with Gasteiger partial charge in [0.25, 0.3) is 0 Å². The quantitative estimate of drug-likeness (QED) is 0.243. The second-order valence-electron chi connectivity index (χ2n) is 9.36. The fraction of sp³-hybridized carbons (Fsp3) is 0.321. The van der Waals surface area contributed by atoms with Crippen LogP contribution in [0.4, 0.5) is 14.5 Å². The number of hydrazine groups is 1. The van der Waals surface area contributed by atoms with Gasteiger partial charge in [-0.1, -0.05) is 66.4 Å². The number of anilines is 1. The highest BCUT2D eigenvalue weighted by Gasteiger charge is 2.38. The van der Waals surface area contributed by atoms with Gasteiger partial charge in [0.2, 0.25) is 5.50 Å². The first-order valence-corrected chi connectivity index (χ1v) is 13.7. The van der Waals surface area contributed by atoms with Crippen LogP contribution in [0.3, 0.4) is 0 Å². The Bertz CT molecular complexity index is 1260. The highest BCUT2D eigenvalue weighted by Crippen LogP contribution is 2.33. The molecule has 4 atom stereocenters. The molecule has 206 valence electrons. The van der Waals surface area contributed by atoms with E-state index in [4.69, 9.17) is 5.73 Å². The maximum Gasteiger partial charge on any atom is 0.317 e. The van der Waals surface area contributed by atoms with E-state index < -0.39 is 40.3 Å². The number of carboxylic acid groups (broad SMARTS) is 1. The van der Waals surface area contributed by atoms with Gasteiger partial charge in [0.15, 0.2) is 0 Å². The molecular formula is C28H32F2N6O2S. The molecule has 1 aliphatic rings. The van der Waals surface area contributed by atoms with Gasteiger partial charge < -0.3 is 16.2 Å². The molecule has 4 rings (SSSR count). The van der Waals surface area contributed by atoms with Crippen LogP contribution in [0, 0.1) is 17.6 Å². The lowest BCUT2D eigenvalue weighted by atomic mass is 9.90. The third-order valence-corrected chi connectivity index (χ3v) is 7.91. The number of halogens is 2. The third kappa shape index (κ3) is 7.75. The van der Waals surface area contributed by atoms with Gasteiger partial charge in [-0.05, 0) is 53.8 Å². The molecule has 5 N–H and O–H groups in total. The van der Waals surface area contributed by atoms with Crippen LogP contribution in [-0.4, -0.2) is 34.4 Å². The Hall–Kier alpha value is -3.54. The fourth-order valence-electron chi connectivity index (χ4n) is 4.54. The van der Waals surface area contributed by atoms with E-state index in [0.717, 1.165) is 35.5 Å². The zero-order valence-electron chi connectivity index (χ0n) is 21.5. The average molecular weight is 555 g/mol. The Morgan fingerprint density at radius 3 is 2.49 bits per heavy atom. The predicted molar refractivity (Wildman–Crippen MR) is 149 cm³/mol. The summed E-state index contributed by atoms with van der Waals surface area (Å²) in [5.41, 5.74) is 12.2. The van der Waals surface area contributed by atoms with Crippen molar-refractivity contribution in [2.45, 2.75) is 43.1 Å². The fourth-order valence-corrected chi connectivity index (χ4v) is 5.81. The van der Waals surface area contributed by atoms with E-state index in [9.17, 15) is 18.7 Å². The largest absolute Gasteiger partial charge is 0.480 e. The van der Waals surface area contributed by atoms with E-state index >= 15 is 0 Å². The molecule has 1 aliphatic heterocycles. The van der Waals surface area contributed by atoms with Crippen LogP contribution in [0.15, 0.2) is 83.1 Å². The third-order valence-electron chi connectivity index (χ3n) is 6.52. The minimum Gasteiger partial charge on any atom is -0.480 e. The molecule has 11 heteroatoms. The van der Waals surface area contributed by atoms with E-state index in [1.807, 2.05) is 42.5 Å². The molecule has 0 fully saturated rings. The molecule has 0 aliphatic carbocycles. The monoisotopic (exact) mass is 554 g/mol. The smallest absolute Gasteiger partial charge is 0.317 e. The van der Waals surface area contributed by atoms with Crippen molar-refractivity contribution in [2.24, 2.45) is 22.0 Å². The molecule has 1 heterocycles. The number of hydrogen-bond acceptors (Lipinski definition) is 8. The number of aliphatic carboxylic acids is 1. The second kappa shape index (κ2) is 13.5. The van der Waals surface area contributed by atoms with E-state index in [1.165, 1.54) is 17.7 Å². The first-order chi connectivity index (χ1) is 18.8. The number of hydrogen-bond donors (Lipinski definition) is 4. The number of nitrogens with two attached hydrogens (primary N) is 1. The molecule has 0 aromatic heterocycles. The zero-order chi connectivity index (χ0) is 27.8. The number of carboxylic acids is 1. The highest BCUT2D eigenvalue weighted by atomic mass is 32.2. The maximum absolute atomic E-state index is 13.9. The van der Waals surface area contributed by atoms with Crippen molar-refractivity contribution in [3.05, 3.63) is 101 Å². The molecule has 2 unspecified atom stereocenters. The van der Waals surface area contributed by atoms with Crippen LogP contribution < -0.4 is 21.6 Å². The highest BCUT2D eigenvalue weighted by molar-refractivity contribution is 8.01. The van der Waals surface area contributed by atoms with Gasteiger partial charge in [0, 0.05) is 31.1 Å². The van der Waals surface area contributed by atoms with Crippen molar-refractivity contribution < 1.29 is 18.7 Å². The maximum atomic E-state index is 13.9. The van der Waals surface area contributed by atoms with E-state index in [2.05, 4.69) is 40.2 Å². The number of nitrogens with one attached hydrogen (secondary N) is 2. The molecule has 3 aromatic rings. The lowest BCUT2D eigenvalue weighted by molar-refractivity contribution is -0.137. The molecule has 0 saturated heterocycles. The Kier molecular flexibility index (Phi) is 9.85. The topological polar surface area (TPSA) is 115 Å². The zero-order valence-corrected chi connectivity index (χ0v) is 22.3. The van der Waals surface area contributed by atoms with Gasteiger partial charge in [-0.25, -0.2) is 13.8 Å². The van der Waals surface area contributed by atoms with Crippen molar-refractivity contribution in [3.63, 3.8) is 0 Å². The molecule has 0 spiro atoms. The minimum absolute atomic E-state index is 0.101. The van der Waals surface area contributed by atoms with Crippen molar-refractivity contribution >= 4 is 23.4 Å². The van der Waals surface area contributed by atoms with Crippen molar-refractivity contribution in [1.29, 1.82) is 0 Å². The predicted octanol–water partition coefficient (Wildman–Crippen LogP) is 4.67. The molecule has 0 radical (unpaired) electrons. The van der Waals surface area contributed by atoms with Gasteiger partial charge in [-0.3, -0.25) is 4.79 Å². The van der Waals surface area contributed by atoms with E-state index in [1.54, 1.807) is 5.01 Å². The van der Waals surface area contributed by atoms with Gasteiger partial charge in [0.1, 0.15) is 16.9 Å². The Balaban J connectivity index is 1.55. The van der Waals surface area contributed by atoms with Crippen LogP contribution in [0.25, 0.3) is 0 Å². The molecule has 39 heavy (non-hydrogen) atoms. The first kappa shape index (κ1) is 28.5. The van der Waals surface area contributed by atoms with Crippen LogP contribution in [0.2, 0.25) is 0 Å². The van der Waals surface area contributed by atoms with Crippen LogP contribution in [0.1, 0.15) is 23.6 Å². The number of para-hydroxylation sites is 1. The van der Waals surface area contributed by atoms with Crippen LogP contribution in [-0.2, 0) is 24.2 Å². The summed E-state index contributed by atoms with van der Waals surface area (Å²) < 4.78 is 27.7. The number of nitrogens with zero attached hydrogens (tertiary/aromatic N) is 3. The van der Waals surface area contributed by atoms with Crippen LogP contribution >= 0.6 is 11.8 Å². The van der Waals surface area contributed by atoms with Crippen molar-refractivity contribution in [2.75, 3.05) is 11.6 Å². The lowest BCUT2D eigenvalue weighted by Gasteiger charge is -2.32. The summed E-state index contributed by atoms with van der Waals surface area (Å²) in [6.45, 7) is 2.87. The van der Waals surface area contributed by atoms with Crippen molar-refractivity contribution in [1.82, 2.24) is 10.9 Å². The standard InChI is InChI=1S/C28H32F2N6O2S/c1-2-18-7-6-8-19(11-18)16-32-17-24(25(31)14-20-12-21(29)15-22(30)13-20)26(27(37)38)39-28-33-34-35-36(28)23-9-4-3-5-10-23/h3-13,15,24-26,28,32H,2,14,16-17,31H2,1H3,(H,33,35)(H,37,38)/t24-,25?,26+,28?/m1/s1. The molecule has 0 amide bonds. The summed E-state index contributed by atoms with van der Waals surface area (Å²) in [6, 6.07) is 20.0. The average Bonchev–Trinajstić information content (AvgIpc) is 3.38. The second-order valence-corrected chi connectivity index (χ2v) is 10.6. The SMILES string of the molecule is CCc1cccc(CNC[C@H](C(N)Cc2cc(F)cc(F)c2)[C@H](SC2N=NNN2c2ccccc2)C(=O)O)c1.